The molecule has 2 aromatic rings. The van der Waals surface area contributed by atoms with Crippen LogP contribution in [0.5, 0.6) is 0 Å². The van der Waals surface area contributed by atoms with Crippen LogP contribution in [0, 0.1) is 11.3 Å². The Morgan fingerprint density at radius 1 is 1.22 bits per heavy atom. The summed E-state index contributed by atoms with van der Waals surface area (Å²) in [4.78, 5) is 7.24. The lowest BCUT2D eigenvalue weighted by Crippen LogP contribution is -2.41. The maximum atomic E-state index is 9.76. The molecule has 0 amide bonds. The van der Waals surface area contributed by atoms with Gasteiger partial charge in [-0.1, -0.05) is 30.3 Å². The van der Waals surface area contributed by atoms with E-state index in [1.54, 1.807) is 0 Å². The van der Waals surface area contributed by atoms with Crippen LogP contribution in [0.3, 0.4) is 0 Å². The van der Waals surface area contributed by atoms with Crippen molar-refractivity contribution < 1.29 is 0 Å². The number of aromatic nitrogens is 1. The molecule has 4 rings (SSSR count). The number of hydrogen-bond donors (Lipinski definition) is 0. The first-order valence-electron chi connectivity index (χ1n) is 8.42. The molecular weight excluding hydrogens is 302 g/mol. The number of nitriles is 1. The fraction of sp³-hybridized carbons (Fsp3) is 0.474. The van der Waals surface area contributed by atoms with Gasteiger partial charge in [0, 0.05) is 30.9 Å². The topological polar surface area (TPSA) is 39.9 Å². The zero-order valence-electron chi connectivity index (χ0n) is 13.2. The molecule has 0 radical (unpaired) electrons. The van der Waals surface area contributed by atoms with Gasteiger partial charge in [0.2, 0.25) is 0 Å². The molecule has 4 heteroatoms. The Kier molecular flexibility index (Phi) is 3.92. The average Bonchev–Trinajstić information content (AvgIpc) is 3.36. The van der Waals surface area contributed by atoms with Crippen molar-refractivity contribution in [3.8, 4) is 6.07 Å². The highest BCUT2D eigenvalue weighted by Crippen LogP contribution is 2.41. The number of rotatable bonds is 4. The van der Waals surface area contributed by atoms with Gasteiger partial charge < -0.3 is 0 Å². The van der Waals surface area contributed by atoms with E-state index in [2.05, 4.69) is 28.5 Å². The van der Waals surface area contributed by atoms with Crippen molar-refractivity contribution >= 4 is 11.3 Å². The summed E-state index contributed by atoms with van der Waals surface area (Å²) in [5, 5.41) is 13.3. The Morgan fingerprint density at radius 3 is 2.61 bits per heavy atom. The molecule has 118 valence electrons. The molecule has 2 heterocycles. The fourth-order valence-electron chi connectivity index (χ4n) is 3.46. The van der Waals surface area contributed by atoms with E-state index in [0.29, 0.717) is 0 Å². The van der Waals surface area contributed by atoms with Gasteiger partial charge in [-0.05, 0) is 31.2 Å². The molecular formula is C19H21N3S. The van der Waals surface area contributed by atoms with Crippen LogP contribution < -0.4 is 0 Å². The monoisotopic (exact) mass is 323 g/mol. The number of nitrogens with zero attached hydrogens (tertiary/aromatic N) is 3. The summed E-state index contributed by atoms with van der Waals surface area (Å²) in [7, 11) is 0. The van der Waals surface area contributed by atoms with E-state index in [-0.39, 0.29) is 5.41 Å². The van der Waals surface area contributed by atoms with Crippen molar-refractivity contribution in [1.29, 1.82) is 5.26 Å². The highest BCUT2D eigenvalue weighted by Gasteiger charge is 2.36. The summed E-state index contributed by atoms with van der Waals surface area (Å²) in [6.07, 6.45) is 4.46. The van der Waals surface area contributed by atoms with E-state index in [9.17, 15) is 5.26 Å². The molecule has 0 spiro atoms. The normalized spacial score (nSPS) is 21.0. The molecule has 0 N–H and O–H groups in total. The first-order valence-corrected chi connectivity index (χ1v) is 9.30. The molecule has 1 saturated carbocycles. The highest BCUT2D eigenvalue weighted by molar-refractivity contribution is 7.09. The second-order valence-corrected chi connectivity index (χ2v) is 7.68. The first kappa shape index (κ1) is 14.9. The molecule has 1 aliphatic heterocycles. The van der Waals surface area contributed by atoms with E-state index in [4.69, 9.17) is 4.98 Å². The van der Waals surface area contributed by atoms with Crippen molar-refractivity contribution in [3.05, 3.63) is 52.0 Å². The predicted octanol–water partition coefficient (Wildman–Crippen LogP) is 4.08. The van der Waals surface area contributed by atoms with Gasteiger partial charge in [-0.2, -0.15) is 5.26 Å². The van der Waals surface area contributed by atoms with Crippen LogP contribution in [0.2, 0.25) is 0 Å². The van der Waals surface area contributed by atoms with E-state index in [0.717, 1.165) is 38.4 Å². The second-order valence-electron chi connectivity index (χ2n) is 6.79. The molecule has 1 saturated heterocycles. The molecule has 23 heavy (non-hydrogen) atoms. The molecule has 1 aliphatic carbocycles. The van der Waals surface area contributed by atoms with Gasteiger partial charge in [0.05, 0.1) is 22.2 Å². The minimum absolute atomic E-state index is 0.307. The van der Waals surface area contributed by atoms with E-state index in [1.165, 1.54) is 29.1 Å². The Labute approximate surface area is 141 Å². The maximum absolute atomic E-state index is 9.76. The van der Waals surface area contributed by atoms with Crippen LogP contribution in [0.1, 0.15) is 47.9 Å². The van der Waals surface area contributed by atoms with Crippen LogP contribution in [0.15, 0.2) is 35.7 Å². The summed E-state index contributed by atoms with van der Waals surface area (Å²) >= 11 is 1.82. The zero-order chi connectivity index (χ0) is 15.7. The van der Waals surface area contributed by atoms with Gasteiger partial charge in [-0.25, -0.2) is 4.98 Å². The van der Waals surface area contributed by atoms with Crippen molar-refractivity contribution in [3.63, 3.8) is 0 Å². The van der Waals surface area contributed by atoms with Gasteiger partial charge in [0.1, 0.15) is 0 Å². The van der Waals surface area contributed by atoms with E-state index < -0.39 is 0 Å². The van der Waals surface area contributed by atoms with Gasteiger partial charge >= 0.3 is 0 Å². The number of piperidine rings is 1. The minimum atomic E-state index is -0.307. The Balaban J connectivity index is 1.40. The third-order valence-electron chi connectivity index (χ3n) is 5.13. The summed E-state index contributed by atoms with van der Waals surface area (Å²) in [5.74, 6) is 0.749. The SMILES string of the molecule is N#CC1(c2ccccc2)CCN(Cc2csc(C3CC3)n2)CC1. The Hall–Kier alpha value is -1.70. The highest BCUT2D eigenvalue weighted by atomic mass is 32.1. The largest absolute Gasteiger partial charge is 0.297 e. The number of likely N-dealkylation sites (tertiary alicyclic amines) is 1. The predicted molar refractivity (Wildman–Crippen MR) is 92.3 cm³/mol. The lowest BCUT2D eigenvalue weighted by atomic mass is 9.74. The second kappa shape index (κ2) is 6.07. The van der Waals surface area contributed by atoms with Crippen LogP contribution in [-0.4, -0.2) is 23.0 Å². The number of hydrogen-bond acceptors (Lipinski definition) is 4. The minimum Gasteiger partial charge on any atom is -0.297 e. The summed E-state index contributed by atoms with van der Waals surface area (Å²) < 4.78 is 0. The molecule has 0 atom stereocenters. The van der Waals surface area contributed by atoms with Crippen molar-refractivity contribution in [1.82, 2.24) is 9.88 Å². The van der Waals surface area contributed by atoms with Crippen LogP contribution >= 0.6 is 11.3 Å². The Bertz CT molecular complexity index is 704. The van der Waals surface area contributed by atoms with E-state index >= 15 is 0 Å². The number of benzene rings is 1. The van der Waals surface area contributed by atoms with Gasteiger partial charge in [-0.15, -0.1) is 11.3 Å². The molecule has 3 nitrogen and oxygen atoms in total. The maximum Gasteiger partial charge on any atom is 0.0959 e. The van der Waals surface area contributed by atoms with Crippen LogP contribution in [-0.2, 0) is 12.0 Å². The lowest BCUT2D eigenvalue weighted by Gasteiger charge is -2.37. The van der Waals surface area contributed by atoms with Crippen LogP contribution in [0.25, 0.3) is 0 Å². The third-order valence-corrected chi connectivity index (χ3v) is 6.19. The summed E-state index contributed by atoms with van der Waals surface area (Å²) in [6.45, 7) is 2.87. The van der Waals surface area contributed by atoms with Crippen molar-refractivity contribution in [2.45, 2.75) is 43.6 Å². The zero-order valence-corrected chi connectivity index (χ0v) is 14.1. The summed E-state index contributed by atoms with van der Waals surface area (Å²) in [6, 6.07) is 12.9. The van der Waals surface area contributed by atoms with Gasteiger partial charge in [0.25, 0.3) is 0 Å². The number of thiazole rings is 1. The average molecular weight is 323 g/mol. The quantitative estimate of drug-likeness (QED) is 0.851. The van der Waals surface area contributed by atoms with E-state index in [1.807, 2.05) is 29.5 Å². The molecule has 1 aromatic carbocycles. The first-order chi connectivity index (χ1) is 11.3. The molecule has 2 aliphatic rings. The van der Waals surface area contributed by atoms with Gasteiger partial charge in [-0.3, -0.25) is 4.90 Å². The van der Waals surface area contributed by atoms with Crippen molar-refractivity contribution in [2.24, 2.45) is 0 Å². The molecule has 0 bridgehead atoms. The third kappa shape index (κ3) is 3.04. The van der Waals surface area contributed by atoms with Crippen LogP contribution in [0.4, 0.5) is 0 Å². The standard InChI is InChI=1S/C19H21N3S/c20-14-19(16-4-2-1-3-5-16)8-10-22(11-9-19)12-17-13-23-18(21-17)15-6-7-15/h1-5,13,15H,6-12H2. The van der Waals surface area contributed by atoms with Crippen molar-refractivity contribution in [2.75, 3.05) is 13.1 Å². The Morgan fingerprint density at radius 2 is 1.96 bits per heavy atom. The molecule has 2 fully saturated rings. The lowest BCUT2D eigenvalue weighted by molar-refractivity contribution is 0.177. The fourth-order valence-corrected chi connectivity index (χ4v) is 4.44. The smallest absolute Gasteiger partial charge is 0.0959 e. The molecule has 0 unspecified atom stereocenters. The van der Waals surface area contributed by atoms with Gasteiger partial charge in [0.15, 0.2) is 0 Å². The molecule has 1 aromatic heterocycles. The summed E-state index contributed by atoms with van der Waals surface area (Å²) in [5.41, 5.74) is 2.08.